The predicted molar refractivity (Wildman–Crippen MR) is 350 cm³/mol. The lowest BCUT2D eigenvalue weighted by atomic mass is 10.2. The van der Waals surface area contributed by atoms with Gasteiger partial charge in [-0.3, -0.25) is 0 Å². The topological polar surface area (TPSA) is 262 Å². The first kappa shape index (κ1) is 70.8. The molecule has 0 aliphatic carbocycles. The van der Waals surface area contributed by atoms with Crippen LogP contribution in [-0.4, -0.2) is 181 Å². The van der Waals surface area contributed by atoms with Gasteiger partial charge in [-0.05, 0) is 133 Å². The fourth-order valence-corrected chi connectivity index (χ4v) is 20.0. The summed E-state index contributed by atoms with van der Waals surface area (Å²) in [4.78, 5) is -1.62. The van der Waals surface area contributed by atoms with E-state index >= 15 is 58.9 Å². The van der Waals surface area contributed by atoms with Crippen LogP contribution in [0.5, 0.6) is 0 Å². The van der Waals surface area contributed by atoms with Gasteiger partial charge in [0.15, 0.2) is 0 Å². The molecule has 0 bridgehead atoms. The van der Waals surface area contributed by atoms with Crippen molar-refractivity contribution in [2.24, 2.45) is 0 Å². The minimum Gasteiger partial charge on any atom is -0.207 e. The van der Waals surface area contributed by atoms with Crippen LogP contribution < -0.4 is 0 Å². The second-order valence-electron chi connectivity index (χ2n) is 22.5. The van der Waals surface area contributed by atoms with Gasteiger partial charge in [-0.2, -0.15) is 30.1 Å². The van der Waals surface area contributed by atoms with Crippen molar-refractivity contribution in [3.63, 3.8) is 0 Å². The molecule has 28 heteroatoms. The normalized spacial score (nSPS) is 17.3. The summed E-state index contributed by atoms with van der Waals surface area (Å²) < 4.78 is 219. The van der Waals surface area contributed by atoms with E-state index in [4.69, 9.17) is 0 Å². The summed E-state index contributed by atoms with van der Waals surface area (Å²) in [6, 6.07) is 40.6. The smallest absolute Gasteiger partial charge is 0.207 e. The zero-order chi connectivity index (χ0) is 66.3. The molecule has 7 aromatic rings. The largest absolute Gasteiger partial charge is 0.243 e. The molecule has 0 atom stereocenters. The summed E-state index contributed by atoms with van der Waals surface area (Å²) in [5, 5.41) is 0. The molecular formula is C63H77N7O14S7. The van der Waals surface area contributed by atoms with Gasteiger partial charge in [0.1, 0.15) is 0 Å². The molecule has 1 fully saturated rings. The van der Waals surface area contributed by atoms with Crippen LogP contribution in [-0.2, 0) is 70.2 Å². The Morgan fingerprint density at radius 1 is 0.165 bits per heavy atom. The van der Waals surface area contributed by atoms with Gasteiger partial charge in [-0.1, -0.05) is 124 Å². The summed E-state index contributed by atoms with van der Waals surface area (Å²) >= 11 is 0. The predicted octanol–water partition coefficient (Wildman–Crippen LogP) is 7.00. The molecule has 1 heterocycles. The van der Waals surface area contributed by atoms with Crippen LogP contribution in [0.25, 0.3) is 0 Å². The zero-order valence-electron chi connectivity index (χ0n) is 51.8. The Bertz CT molecular complexity index is 3650. The van der Waals surface area contributed by atoms with E-state index in [1.165, 1.54) is 84.9 Å². The van der Waals surface area contributed by atoms with Crippen LogP contribution in [0.2, 0.25) is 0 Å². The first-order valence-corrected chi connectivity index (χ1v) is 39.3. The Hall–Kier alpha value is -6.09. The molecule has 0 spiro atoms. The van der Waals surface area contributed by atoms with Crippen LogP contribution in [0, 0.1) is 48.5 Å². The SMILES string of the molecule is Cc1ccc(S(=O)(=O)N2CCN(S(=O)(=O)c3ccc(C)cc3)CCN(S(=O)(=O)c3ccc(C)cc3)CCN(S(=O)(=O)c3ccc(C)cc3)CCN(S(=O)(=O)c3ccc(C)cc3)CCN(S(=O)(=O)c3ccc(C)cc3)CCN(S(=O)(=O)c3ccc(C)cc3)CC2)cc1. The molecular weight excluding hydrogens is 1300 g/mol. The molecule has 1 aliphatic heterocycles. The van der Waals surface area contributed by atoms with E-state index in [-0.39, 0.29) is 34.3 Å². The van der Waals surface area contributed by atoms with Crippen LogP contribution in [0.4, 0.5) is 0 Å². The first-order chi connectivity index (χ1) is 42.7. The number of hydrogen-bond acceptors (Lipinski definition) is 14. The van der Waals surface area contributed by atoms with Crippen molar-refractivity contribution in [2.75, 3.05) is 91.6 Å². The van der Waals surface area contributed by atoms with Gasteiger partial charge in [0.25, 0.3) is 0 Å². The minimum absolute atomic E-state index is 0.231. The lowest BCUT2D eigenvalue weighted by Gasteiger charge is -2.31. The Morgan fingerprint density at radius 2 is 0.242 bits per heavy atom. The highest BCUT2D eigenvalue weighted by molar-refractivity contribution is 7.91. The average molecular weight is 1380 g/mol. The number of rotatable bonds is 14. The molecule has 21 nitrogen and oxygen atoms in total. The highest BCUT2D eigenvalue weighted by Crippen LogP contribution is 2.27. The van der Waals surface area contributed by atoms with Crippen molar-refractivity contribution >= 4 is 70.2 Å². The monoisotopic (exact) mass is 1380 g/mol. The summed E-state index contributed by atoms with van der Waals surface area (Å²) in [6.45, 7) is 3.14. The molecule has 8 rings (SSSR count). The summed E-state index contributed by atoms with van der Waals surface area (Å²) in [5.41, 5.74) is 4.92. The zero-order valence-corrected chi connectivity index (χ0v) is 57.5. The van der Waals surface area contributed by atoms with Gasteiger partial charge in [0, 0.05) is 91.6 Å². The van der Waals surface area contributed by atoms with Crippen molar-refractivity contribution < 1.29 is 58.9 Å². The third kappa shape index (κ3) is 16.8. The Balaban J connectivity index is 1.35. The average Bonchev–Trinajstić information content (AvgIpc) is 0.936. The number of sulfonamides is 7. The van der Waals surface area contributed by atoms with E-state index in [2.05, 4.69) is 0 Å². The highest BCUT2D eigenvalue weighted by Gasteiger charge is 2.37. The van der Waals surface area contributed by atoms with E-state index in [9.17, 15) is 0 Å². The molecule has 0 N–H and O–H groups in total. The lowest BCUT2D eigenvalue weighted by Crippen LogP contribution is -2.48. The fourth-order valence-electron chi connectivity index (χ4n) is 10.0. The van der Waals surface area contributed by atoms with Crippen molar-refractivity contribution in [1.82, 2.24) is 30.1 Å². The molecule has 0 amide bonds. The van der Waals surface area contributed by atoms with Crippen molar-refractivity contribution in [2.45, 2.75) is 82.7 Å². The molecule has 0 radical (unpaired) electrons. The Morgan fingerprint density at radius 3 is 0.319 bits per heavy atom. The standard InChI is InChI=1S/C63H77N7O14S7/c1-50-8-22-57(23-9-50)85(71,72)64-36-38-65(86(73,74)58-24-10-51(2)11-25-58)40-42-67(88(77,78)60-28-14-53(4)15-29-60)44-46-69(90(81,82)62-32-18-55(6)19-33-62)48-49-70(91(83,84)63-34-20-56(7)21-35-63)47-45-68(89(79,80)61-30-16-54(5)17-31-61)43-41-66(39-37-64)87(75,76)59-26-12-52(3)13-27-59/h8-35H,36-49H2,1-7H3. The number of aryl methyl sites for hydroxylation is 7. The maximum atomic E-state index is 15.2. The molecule has 91 heavy (non-hydrogen) atoms. The fraction of sp³-hybridized carbons (Fsp3) is 0.333. The van der Waals surface area contributed by atoms with Crippen molar-refractivity contribution in [3.05, 3.63) is 209 Å². The van der Waals surface area contributed by atoms with Gasteiger partial charge < -0.3 is 0 Å². The van der Waals surface area contributed by atoms with E-state index in [1.807, 2.05) is 0 Å². The molecule has 0 saturated carbocycles. The van der Waals surface area contributed by atoms with Crippen molar-refractivity contribution in [3.8, 4) is 0 Å². The van der Waals surface area contributed by atoms with Gasteiger partial charge >= 0.3 is 0 Å². The molecule has 0 unspecified atom stereocenters. The first-order valence-electron chi connectivity index (χ1n) is 29.2. The quantitative estimate of drug-likeness (QED) is 0.106. The number of nitrogens with zero attached hydrogens (tertiary/aromatic N) is 7. The van der Waals surface area contributed by atoms with Crippen molar-refractivity contribution in [1.29, 1.82) is 0 Å². The summed E-state index contributed by atoms with van der Waals surface area (Å²) in [6.07, 6.45) is 0. The maximum absolute atomic E-state index is 15.2. The molecule has 1 aliphatic rings. The Labute approximate surface area is 538 Å². The van der Waals surface area contributed by atoms with Gasteiger partial charge in [-0.15, -0.1) is 0 Å². The Kier molecular flexibility index (Phi) is 22.6. The molecule has 0 aromatic heterocycles. The van der Waals surface area contributed by atoms with Crippen LogP contribution in [0.15, 0.2) is 204 Å². The third-order valence-electron chi connectivity index (χ3n) is 15.8. The second-order valence-corrected chi connectivity index (χ2v) is 36.1. The van der Waals surface area contributed by atoms with Gasteiger partial charge in [0.05, 0.1) is 34.3 Å². The van der Waals surface area contributed by atoms with Gasteiger partial charge in [0.2, 0.25) is 70.2 Å². The summed E-state index contributed by atoms with van der Waals surface area (Å²) in [5.74, 6) is 0. The third-order valence-corrected chi connectivity index (χ3v) is 29.2. The van der Waals surface area contributed by atoms with E-state index in [1.54, 1.807) is 133 Å². The number of benzene rings is 7. The van der Waals surface area contributed by atoms with Gasteiger partial charge in [-0.25, -0.2) is 58.9 Å². The second kappa shape index (κ2) is 29.0. The van der Waals surface area contributed by atoms with Crippen LogP contribution >= 0.6 is 0 Å². The van der Waals surface area contributed by atoms with Crippen LogP contribution in [0.1, 0.15) is 38.9 Å². The van der Waals surface area contributed by atoms with E-state index < -0.39 is 162 Å². The molecule has 490 valence electrons. The van der Waals surface area contributed by atoms with E-state index in [0.29, 0.717) is 38.9 Å². The molecule has 1 saturated heterocycles. The van der Waals surface area contributed by atoms with Crippen LogP contribution in [0.3, 0.4) is 0 Å². The minimum atomic E-state index is -4.68. The summed E-state index contributed by atoms with van der Waals surface area (Å²) in [7, 11) is -32.8. The lowest BCUT2D eigenvalue weighted by molar-refractivity contribution is 0.290. The maximum Gasteiger partial charge on any atom is 0.243 e. The molecule has 7 aromatic carbocycles. The van der Waals surface area contributed by atoms with E-state index in [0.717, 1.165) is 30.1 Å². The number of hydrogen-bond donors (Lipinski definition) is 0. The highest BCUT2D eigenvalue weighted by atomic mass is 32.2.